The Balaban J connectivity index is 1.58. The highest BCUT2D eigenvalue weighted by atomic mass is 127. The summed E-state index contributed by atoms with van der Waals surface area (Å²) in [5.74, 6) is 2.27. The van der Waals surface area contributed by atoms with Crippen molar-refractivity contribution in [1.29, 1.82) is 0 Å². The van der Waals surface area contributed by atoms with Crippen LogP contribution in [0.15, 0.2) is 46.9 Å². The molecule has 0 spiro atoms. The molecule has 2 heterocycles. The van der Waals surface area contributed by atoms with Crippen molar-refractivity contribution in [3.8, 4) is 11.5 Å². The molecule has 4 rings (SSSR count). The Kier molecular flexibility index (Phi) is 4.82. The number of hydrogen-bond acceptors (Lipinski definition) is 3. The first-order chi connectivity index (χ1) is 12.1. The summed E-state index contributed by atoms with van der Waals surface area (Å²) in [7, 11) is 0. The maximum atomic E-state index is 5.96. The standard InChI is InChI=1S/C21H23IN2O/c1-14-8-15(2)12-24(11-14)13-16-6-7-20-19(9-16)23-21(25-20)17-4-3-5-18(22)10-17/h3-7,9-10,14-15H,8,11-13H2,1-2H3/t14-,15-/m1/s1. The van der Waals surface area contributed by atoms with Crippen LogP contribution in [0.1, 0.15) is 25.8 Å². The summed E-state index contributed by atoms with van der Waals surface area (Å²) in [5, 5.41) is 0. The third kappa shape index (κ3) is 3.90. The Morgan fingerprint density at radius 2 is 1.92 bits per heavy atom. The van der Waals surface area contributed by atoms with Crippen LogP contribution in [0, 0.1) is 15.4 Å². The minimum atomic E-state index is 0.700. The number of fused-ring (bicyclic) bond motifs is 1. The van der Waals surface area contributed by atoms with Crippen LogP contribution in [0.4, 0.5) is 0 Å². The van der Waals surface area contributed by atoms with Gasteiger partial charge >= 0.3 is 0 Å². The van der Waals surface area contributed by atoms with Gasteiger partial charge in [-0.05, 0) is 76.7 Å². The Morgan fingerprint density at radius 1 is 1.12 bits per heavy atom. The number of nitrogens with zero attached hydrogens (tertiary/aromatic N) is 2. The molecule has 0 unspecified atom stereocenters. The van der Waals surface area contributed by atoms with Crippen LogP contribution in [0.3, 0.4) is 0 Å². The lowest BCUT2D eigenvalue weighted by atomic mass is 9.91. The molecule has 0 N–H and O–H groups in total. The predicted molar refractivity (Wildman–Crippen MR) is 110 cm³/mol. The van der Waals surface area contributed by atoms with Gasteiger partial charge in [0.2, 0.25) is 5.89 Å². The fourth-order valence-electron chi connectivity index (χ4n) is 4.00. The molecule has 2 atom stereocenters. The van der Waals surface area contributed by atoms with Crippen LogP contribution < -0.4 is 0 Å². The van der Waals surface area contributed by atoms with Crippen LogP contribution in [0.2, 0.25) is 0 Å². The van der Waals surface area contributed by atoms with Gasteiger partial charge in [-0.3, -0.25) is 4.90 Å². The minimum Gasteiger partial charge on any atom is -0.436 e. The molecule has 3 nitrogen and oxygen atoms in total. The van der Waals surface area contributed by atoms with E-state index in [1.807, 2.05) is 12.1 Å². The van der Waals surface area contributed by atoms with Gasteiger partial charge in [-0.1, -0.05) is 26.0 Å². The largest absolute Gasteiger partial charge is 0.436 e. The summed E-state index contributed by atoms with van der Waals surface area (Å²) in [6, 6.07) is 14.7. The number of halogens is 1. The molecule has 0 amide bonds. The van der Waals surface area contributed by atoms with Gasteiger partial charge in [0.25, 0.3) is 0 Å². The van der Waals surface area contributed by atoms with E-state index in [4.69, 9.17) is 9.40 Å². The number of oxazole rings is 1. The lowest BCUT2D eigenvalue weighted by molar-refractivity contribution is 0.134. The molecule has 1 fully saturated rings. The molecular formula is C21H23IN2O. The van der Waals surface area contributed by atoms with E-state index in [9.17, 15) is 0 Å². The smallest absolute Gasteiger partial charge is 0.227 e. The topological polar surface area (TPSA) is 29.3 Å². The van der Waals surface area contributed by atoms with Gasteiger partial charge < -0.3 is 4.42 Å². The number of hydrogen-bond donors (Lipinski definition) is 0. The molecular weight excluding hydrogens is 423 g/mol. The molecule has 130 valence electrons. The van der Waals surface area contributed by atoms with E-state index < -0.39 is 0 Å². The van der Waals surface area contributed by atoms with Crippen molar-refractivity contribution in [2.45, 2.75) is 26.8 Å². The van der Waals surface area contributed by atoms with Crippen molar-refractivity contribution in [2.24, 2.45) is 11.8 Å². The Labute approximate surface area is 162 Å². The molecule has 0 saturated carbocycles. The quantitative estimate of drug-likeness (QED) is 0.492. The Bertz CT molecular complexity index is 878. The molecule has 1 saturated heterocycles. The van der Waals surface area contributed by atoms with E-state index in [1.165, 1.54) is 28.6 Å². The summed E-state index contributed by atoms with van der Waals surface area (Å²) in [5.41, 5.74) is 4.15. The second-order valence-electron chi connectivity index (χ2n) is 7.47. The lowest BCUT2D eigenvalue weighted by Gasteiger charge is -2.34. The molecule has 4 heteroatoms. The van der Waals surface area contributed by atoms with Gasteiger partial charge in [0.05, 0.1) is 0 Å². The van der Waals surface area contributed by atoms with Gasteiger partial charge in [-0.2, -0.15) is 0 Å². The Morgan fingerprint density at radius 3 is 2.68 bits per heavy atom. The highest BCUT2D eigenvalue weighted by Crippen LogP contribution is 2.27. The number of aromatic nitrogens is 1. The summed E-state index contributed by atoms with van der Waals surface area (Å²) in [6.45, 7) is 8.09. The third-order valence-corrected chi connectivity index (χ3v) is 5.55. The summed E-state index contributed by atoms with van der Waals surface area (Å²) in [6.07, 6.45) is 1.35. The predicted octanol–water partition coefficient (Wildman–Crippen LogP) is 5.58. The van der Waals surface area contributed by atoms with Crippen molar-refractivity contribution in [3.05, 3.63) is 51.6 Å². The van der Waals surface area contributed by atoms with Crippen LogP contribution in [0.5, 0.6) is 0 Å². The molecule has 2 aromatic carbocycles. The average molecular weight is 446 g/mol. The monoisotopic (exact) mass is 446 g/mol. The van der Waals surface area contributed by atoms with Crippen molar-refractivity contribution in [1.82, 2.24) is 9.88 Å². The minimum absolute atomic E-state index is 0.700. The van der Waals surface area contributed by atoms with E-state index in [-0.39, 0.29) is 0 Å². The van der Waals surface area contributed by atoms with Crippen molar-refractivity contribution >= 4 is 33.7 Å². The molecule has 1 aliphatic heterocycles. The first-order valence-corrected chi connectivity index (χ1v) is 10.0. The number of piperidine rings is 1. The molecule has 0 bridgehead atoms. The van der Waals surface area contributed by atoms with Crippen molar-refractivity contribution in [2.75, 3.05) is 13.1 Å². The van der Waals surface area contributed by atoms with Gasteiger partial charge in [-0.15, -0.1) is 0 Å². The summed E-state index contributed by atoms with van der Waals surface area (Å²) in [4.78, 5) is 7.29. The second kappa shape index (κ2) is 7.08. The average Bonchev–Trinajstić information content (AvgIpc) is 2.97. The van der Waals surface area contributed by atoms with Gasteiger partial charge in [0.15, 0.2) is 5.58 Å². The van der Waals surface area contributed by atoms with Crippen LogP contribution >= 0.6 is 22.6 Å². The summed E-state index contributed by atoms with van der Waals surface area (Å²) < 4.78 is 7.15. The molecule has 25 heavy (non-hydrogen) atoms. The zero-order chi connectivity index (χ0) is 17.4. The Hall–Kier alpha value is -1.40. The van der Waals surface area contributed by atoms with Crippen LogP contribution in [-0.2, 0) is 6.54 Å². The molecule has 0 radical (unpaired) electrons. The van der Waals surface area contributed by atoms with Gasteiger partial charge in [0.1, 0.15) is 5.52 Å². The van der Waals surface area contributed by atoms with E-state index in [1.54, 1.807) is 0 Å². The fourth-order valence-corrected chi connectivity index (χ4v) is 4.54. The van der Waals surface area contributed by atoms with Crippen LogP contribution in [-0.4, -0.2) is 23.0 Å². The second-order valence-corrected chi connectivity index (χ2v) is 8.72. The van der Waals surface area contributed by atoms with Gasteiger partial charge in [0, 0.05) is 28.8 Å². The lowest BCUT2D eigenvalue weighted by Crippen LogP contribution is -2.38. The molecule has 1 aliphatic rings. The number of benzene rings is 2. The van der Waals surface area contributed by atoms with Gasteiger partial charge in [-0.25, -0.2) is 4.98 Å². The highest BCUT2D eigenvalue weighted by Gasteiger charge is 2.21. The van der Waals surface area contributed by atoms with E-state index in [0.29, 0.717) is 5.89 Å². The fraction of sp³-hybridized carbons (Fsp3) is 0.381. The third-order valence-electron chi connectivity index (χ3n) is 4.87. The first kappa shape index (κ1) is 17.0. The molecule has 1 aromatic heterocycles. The number of rotatable bonds is 3. The zero-order valence-corrected chi connectivity index (χ0v) is 16.9. The highest BCUT2D eigenvalue weighted by molar-refractivity contribution is 14.1. The SMILES string of the molecule is C[C@@H]1C[C@@H](C)CN(Cc2ccc3oc(-c4cccc(I)c4)nc3c2)C1. The van der Waals surface area contributed by atoms with Crippen LogP contribution in [0.25, 0.3) is 22.6 Å². The van der Waals surface area contributed by atoms with Crippen molar-refractivity contribution < 1.29 is 4.42 Å². The van der Waals surface area contributed by atoms with Crippen molar-refractivity contribution in [3.63, 3.8) is 0 Å². The maximum absolute atomic E-state index is 5.96. The van der Waals surface area contributed by atoms with E-state index >= 15 is 0 Å². The normalized spacial score (nSPS) is 21.7. The van der Waals surface area contributed by atoms with E-state index in [0.717, 1.165) is 35.0 Å². The molecule has 3 aromatic rings. The first-order valence-electron chi connectivity index (χ1n) is 8.94. The zero-order valence-electron chi connectivity index (χ0n) is 14.7. The van der Waals surface area contributed by atoms with E-state index in [2.05, 4.69) is 71.7 Å². The number of likely N-dealkylation sites (tertiary alicyclic amines) is 1. The summed E-state index contributed by atoms with van der Waals surface area (Å²) >= 11 is 2.31. The maximum Gasteiger partial charge on any atom is 0.227 e. The molecule has 0 aliphatic carbocycles.